The number of carbonyl (C=O) groups excluding carboxylic acids is 1. The molecule has 0 atom stereocenters. The van der Waals surface area contributed by atoms with Gasteiger partial charge in [0.1, 0.15) is 5.75 Å². The van der Waals surface area contributed by atoms with E-state index in [1.165, 1.54) is 40.3 Å². The first-order valence-electron chi connectivity index (χ1n) is 7.93. The first-order valence-corrected chi connectivity index (χ1v) is 9.16. The second-order valence-corrected chi connectivity index (χ2v) is 7.43. The molecule has 1 amide bonds. The second-order valence-electron chi connectivity index (χ2n) is 5.75. The molecule has 2 aromatic carbocycles. The van der Waals surface area contributed by atoms with Gasteiger partial charge in [0.15, 0.2) is 3.95 Å². The van der Waals surface area contributed by atoms with Gasteiger partial charge in [-0.25, -0.2) is 0 Å². The van der Waals surface area contributed by atoms with E-state index in [0.29, 0.717) is 14.4 Å². The molecule has 2 heterocycles. The van der Waals surface area contributed by atoms with Crippen LogP contribution in [-0.4, -0.2) is 27.0 Å². The van der Waals surface area contributed by atoms with Crippen molar-refractivity contribution in [3.63, 3.8) is 0 Å². The second kappa shape index (κ2) is 6.82. The summed E-state index contributed by atoms with van der Waals surface area (Å²) in [5, 5.41) is 19.8. The minimum atomic E-state index is -0.453. The molecule has 0 radical (unpaired) electrons. The normalized spacial score (nSPS) is 13.7. The van der Waals surface area contributed by atoms with Gasteiger partial charge in [-0.2, -0.15) is 4.68 Å². The SMILES string of the molecule is O=C(Nn1c(O)c(C=C2C=Nc3ccccc32)sc1=S)c1ccc(O)cc1. The molecule has 0 spiro atoms. The third kappa shape index (κ3) is 3.27. The Hall–Kier alpha value is -3.23. The molecule has 1 aliphatic rings. The summed E-state index contributed by atoms with van der Waals surface area (Å²) in [5.74, 6) is -0.539. The molecule has 6 nitrogen and oxygen atoms in total. The van der Waals surface area contributed by atoms with Crippen LogP contribution in [0.2, 0.25) is 0 Å². The van der Waals surface area contributed by atoms with Crippen molar-refractivity contribution in [1.29, 1.82) is 0 Å². The number of para-hydroxylation sites is 1. The van der Waals surface area contributed by atoms with E-state index in [0.717, 1.165) is 16.8 Å². The van der Waals surface area contributed by atoms with Crippen molar-refractivity contribution < 1.29 is 15.0 Å². The van der Waals surface area contributed by atoms with E-state index >= 15 is 0 Å². The van der Waals surface area contributed by atoms with Gasteiger partial charge >= 0.3 is 0 Å². The molecule has 0 aliphatic carbocycles. The minimum absolute atomic E-state index is 0.0639. The zero-order chi connectivity index (χ0) is 19.0. The number of benzene rings is 2. The lowest BCUT2D eigenvalue weighted by molar-refractivity contribution is 0.101. The van der Waals surface area contributed by atoms with Crippen LogP contribution in [0.25, 0.3) is 11.6 Å². The molecule has 0 fully saturated rings. The van der Waals surface area contributed by atoms with Gasteiger partial charge in [-0.1, -0.05) is 29.5 Å². The van der Waals surface area contributed by atoms with E-state index in [2.05, 4.69) is 10.4 Å². The summed E-state index contributed by atoms with van der Waals surface area (Å²) in [6, 6.07) is 13.5. The number of hydrogen-bond donors (Lipinski definition) is 3. The van der Waals surface area contributed by atoms with Gasteiger partial charge < -0.3 is 10.2 Å². The van der Waals surface area contributed by atoms with Crippen molar-refractivity contribution >= 4 is 53.0 Å². The van der Waals surface area contributed by atoms with E-state index in [-0.39, 0.29) is 11.6 Å². The van der Waals surface area contributed by atoms with Crippen LogP contribution in [0.15, 0.2) is 53.5 Å². The number of fused-ring (bicyclic) bond motifs is 1. The van der Waals surface area contributed by atoms with Crippen LogP contribution in [0.4, 0.5) is 5.69 Å². The summed E-state index contributed by atoms with van der Waals surface area (Å²) in [7, 11) is 0. The Labute approximate surface area is 163 Å². The maximum absolute atomic E-state index is 12.3. The predicted molar refractivity (Wildman–Crippen MR) is 109 cm³/mol. The van der Waals surface area contributed by atoms with Gasteiger partial charge in [0.25, 0.3) is 5.91 Å². The van der Waals surface area contributed by atoms with E-state index in [9.17, 15) is 15.0 Å². The molecule has 3 aromatic rings. The molecular weight excluding hydrogens is 382 g/mol. The highest BCUT2D eigenvalue weighted by molar-refractivity contribution is 7.73. The van der Waals surface area contributed by atoms with Crippen molar-refractivity contribution in [2.24, 2.45) is 4.99 Å². The highest BCUT2D eigenvalue weighted by Crippen LogP contribution is 2.35. The number of phenolic OH excluding ortho intramolecular Hbond substituents is 1. The highest BCUT2D eigenvalue weighted by Gasteiger charge is 2.17. The summed E-state index contributed by atoms with van der Waals surface area (Å²) < 4.78 is 1.47. The van der Waals surface area contributed by atoms with Crippen molar-refractivity contribution in [3.8, 4) is 11.6 Å². The molecule has 0 unspecified atom stereocenters. The molecule has 27 heavy (non-hydrogen) atoms. The zero-order valence-corrected chi connectivity index (χ0v) is 15.4. The maximum Gasteiger partial charge on any atom is 0.270 e. The lowest BCUT2D eigenvalue weighted by atomic mass is 10.1. The average molecular weight is 395 g/mol. The molecule has 1 aromatic heterocycles. The predicted octanol–water partition coefficient (Wildman–Crippen LogP) is 4.33. The molecule has 0 bridgehead atoms. The fourth-order valence-electron chi connectivity index (χ4n) is 2.65. The molecule has 134 valence electrons. The number of nitrogens with zero attached hydrogens (tertiary/aromatic N) is 2. The van der Waals surface area contributed by atoms with Crippen LogP contribution in [-0.2, 0) is 0 Å². The van der Waals surface area contributed by atoms with E-state index in [4.69, 9.17) is 12.2 Å². The molecule has 0 saturated carbocycles. The van der Waals surface area contributed by atoms with Crippen molar-refractivity contribution in [2.75, 3.05) is 5.43 Å². The number of allylic oxidation sites excluding steroid dienone is 1. The standard InChI is InChI=1S/C19H13N3O3S2/c23-13-7-5-11(6-8-13)17(24)21-22-18(25)16(27-19(22)26)9-12-10-20-15-4-2-1-3-14(12)15/h1-10,23,25H,(H,21,24). The average Bonchev–Trinajstić information content (AvgIpc) is 3.19. The molecule has 1 aliphatic heterocycles. The summed E-state index contributed by atoms with van der Waals surface area (Å²) in [4.78, 5) is 17.2. The van der Waals surface area contributed by atoms with Crippen molar-refractivity contribution in [2.45, 2.75) is 0 Å². The zero-order valence-electron chi connectivity index (χ0n) is 13.8. The Bertz CT molecular complexity index is 1160. The van der Waals surface area contributed by atoms with Gasteiger partial charge in [0.05, 0.1) is 10.6 Å². The summed E-state index contributed by atoms with van der Waals surface area (Å²) >= 11 is 6.45. The van der Waals surface area contributed by atoms with E-state index in [1.54, 1.807) is 12.3 Å². The number of aromatic nitrogens is 1. The number of phenols is 1. The Balaban J connectivity index is 1.64. The summed E-state index contributed by atoms with van der Waals surface area (Å²) in [6.07, 6.45) is 3.51. The first kappa shape index (κ1) is 17.2. The highest BCUT2D eigenvalue weighted by atomic mass is 32.1. The van der Waals surface area contributed by atoms with Crippen LogP contribution in [0.1, 0.15) is 20.8 Å². The maximum atomic E-state index is 12.3. The van der Waals surface area contributed by atoms with Gasteiger partial charge in [0.2, 0.25) is 5.88 Å². The van der Waals surface area contributed by atoms with Crippen LogP contribution < -0.4 is 5.43 Å². The van der Waals surface area contributed by atoms with Crippen molar-refractivity contribution in [3.05, 3.63) is 68.5 Å². The Morgan fingerprint density at radius 1 is 1.15 bits per heavy atom. The van der Waals surface area contributed by atoms with Gasteiger partial charge in [-0.15, -0.1) is 0 Å². The third-order valence-corrected chi connectivity index (χ3v) is 5.31. The van der Waals surface area contributed by atoms with Gasteiger partial charge in [-0.05, 0) is 48.6 Å². The number of aliphatic imine (C=N–C) groups is 1. The number of hydrogen-bond acceptors (Lipinski definition) is 6. The number of rotatable bonds is 3. The molecule has 0 saturated heterocycles. The molecule has 8 heteroatoms. The number of thiazole rings is 1. The Kier molecular flexibility index (Phi) is 4.35. The van der Waals surface area contributed by atoms with Gasteiger partial charge in [0, 0.05) is 22.9 Å². The number of aromatic hydroxyl groups is 2. The fraction of sp³-hybridized carbons (Fsp3) is 0. The third-order valence-electron chi connectivity index (χ3n) is 4.00. The Morgan fingerprint density at radius 2 is 1.89 bits per heavy atom. The minimum Gasteiger partial charge on any atom is -0.508 e. The molecule has 3 N–H and O–H groups in total. The van der Waals surface area contributed by atoms with Crippen molar-refractivity contribution in [1.82, 2.24) is 4.68 Å². The number of nitrogens with one attached hydrogen (secondary N) is 1. The smallest absolute Gasteiger partial charge is 0.270 e. The number of carbonyl (C=O) groups is 1. The monoisotopic (exact) mass is 395 g/mol. The van der Waals surface area contributed by atoms with E-state index in [1.807, 2.05) is 24.3 Å². The van der Waals surface area contributed by atoms with Crippen LogP contribution in [0.5, 0.6) is 11.6 Å². The quantitative estimate of drug-likeness (QED) is 0.576. The largest absolute Gasteiger partial charge is 0.508 e. The first-order chi connectivity index (χ1) is 13.0. The van der Waals surface area contributed by atoms with E-state index < -0.39 is 5.91 Å². The van der Waals surface area contributed by atoms with Gasteiger partial charge in [-0.3, -0.25) is 15.2 Å². The topological polar surface area (TPSA) is 86.9 Å². The van der Waals surface area contributed by atoms with Crippen LogP contribution >= 0.6 is 23.6 Å². The van der Waals surface area contributed by atoms with Crippen LogP contribution in [0, 0.1) is 3.95 Å². The molecule has 4 rings (SSSR count). The summed E-state index contributed by atoms with van der Waals surface area (Å²) in [6.45, 7) is 0. The fourth-order valence-corrected chi connectivity index (χ4v) is 3.83. The molecular formula is C19H13N3O3S2. The van der Waals surface area contributed by atoms with Crippen LogP contribution in [0.3, 0.4) is 0 Å². The number of amides is 1. The lowest BCUT2D eigenvalue weighted by Gasteiger charge is -2.07. The Morgan fingerprint density at radius 3 is 2.67 bits per heavy atom. The lowest BCUT2D eigenvalue weighted by Crippen LogP contribution is -2.22. The summed E-state index contributed by atoms with van der Waals surface area (Å²) in [5.41, 5.74) is 5.59.